The number of hydrogen-bond donors (Lipinski definition) is 1. The standard InChI is InChI=1S/C20H29N3O7/c24-16(11-22-8-6-21(7-9-22)10-15-4-2-1-3-5-15)12-27-17-13-28-20-18(30-23(25)26)14-29-19(17)20/h1-5,16-20,24H,6-14H2/t16?,17-,18+,19+,20+/m0/s1. The highest BCUT2D eigenvalue weighted by molar-refractivity contribution is 5.14. The number of piperazine rings is 1. The fraction of sp³-hybridized carbons (Fsp3) is 0.700. The van der Waals surface area contributed by atoms with Crippen molar-refractivity contribution in [1.82, 2.24) is 9.80 Å². The summed E-state index contributed by atoms with van der Waals surface area (Å²) in [6.07, 6.45) is -2.60. The zero-order valence-corrected chi connectivity index (χ0v) is 16.9. The molecule has 0 spiro atoms. The Morgan fingerprint density at radius 3 is 2.40 bits per heavy atom. The maximum atomic E-state index is 10.5. The van der Waals surface area contributed by atoms with E-state index in [-0.39, 0.29) is 25.9 Å². The van der Waals surface area contributed by atoms with Crippen molar-refractivity contribution in [2.75, 3.05) is 52.5 Å². The first-order valence-electron chi connectivity index (χ1n) is 10.4. The van der Waals surface area contributed by atoms with Crippen LogP contribution < -0.4 is 0 Å². The van der Waals surface area contributed by atoms with Gasteiger partial charge in [0.1, 0.15) is 18.3 Å². The number of aliphatic hydroxyl groups excluding tert-OH is 1. The lowest BCUT2D eigenvalue weighted by molar-refractivity contribution is -0.769. The molecule has 30 heavy (non-hydrogen) atoms. The lowest BCUT2D eigenvalue weighted by Gasteiger charge is -2.35. The predicted molar refractivity (Wildman–Crippen MR) is 105 cm³/mol. The summed E-state index contributed by atoms with van der Waals surface area (Å²) < 4.78 is 16.9. The molecule has 3 saturated heterocycles. The average molecular weight is 423 g/mol. The van der Waals surface area contributed by atoms with Gasteiger partial charge in [-0.2, -0.15) is 0 Å². The maximum absolute atomic E-state index is 10.5. The van der Waals surface area contributed by atoms with Crippen molar-refractivity contribution in [3.63, 3.8) is 0 Å². The molecule has 3 aliphatic heterocycles. The highest BCUT2D eigenvalue weighted by Crippen LogP contribution is 2.30. The van der Waals surface area contributed by atoms with E-state index in [0.29, 0.717) is 6.54 Å². The van der Waals surface area contributed by atoms with Gasteiger partial charge in [0.15, 0.2) is 6.10 Å². The molecule has 1 aromatic carbocycles. The molecule has 0 amide bonds. The van der Waals surface area contributed by atoms with Crippen LogP contribution in [0.15, 0.2) is 30.3 Å². The van der Waals surface area contributed by atoms with E-state index in [2.05, 4.69) is 38.9 Å². The molecule has 0 radical (unpaired) electrons. The summed E-state index contributed by atoms with van der Waals surface area (Å²) in [6, 6.07) is 10.4. The van der Waals surface area contributed by atoms with Crippen molar-refractivity contribution < 1.29 is 29.2 Å². The molecule has 3 heterocycles. The van der Waals surface area contributed by atoms with Gasteiger partial charge in [0.25, 0.3) is 5.09 Å². The Hall–Kier alpha value is -1.82. The molecule has 166 valence electrons. The molecule has 3 aliphatic rings. The third kappa shape index (κ3) is 5.45. The van der Waals surface area contributed by atoms with E-state index in [1.165, 1.54) is 5.56 Å². The van der Waals surface area contributed by atoms with Gasteiger partial charge in [0.05, 0.1) is 25.9 Å². The van der Waals surface area contributed by atoms with Crippen LogP contribution in [0.5, 0.6) is 0 Å². The molecule has 1 aromatic rings. The highest BCUT2D eigenvalue weighted by Gasteiger charge is 2.50. The van der Waals surface area contributed by atoms with E-state index < -0.39 is 29.5 Å². The van der Waals surface area contributed by atoms with E-state index in [4.69, 9.17) is 14.2 Å². The third-order valence-electron chi connectivity index (χ3n) is 5.87. The van der Waals surface area contributed by atoms with Crippen molar-refractivity contribution in [3.05, 3.63) is 46.0 Å². The second kappa shape index (κ2) is 9.99. The van der Waals surface area contributed by atoms with Gasteiger partial charge in [-0.25, -0.2) is 0 Å². The molecule has 10 nitrogen and oxygen atoms in total. The number of fused-ring (bicyclic) bond motifs is 1. The lowest BCUT2D eigenvalue weighted by Crippen LogP contribution is -2.49. The first kappa shape index (κ1) is 21.4. The topological polar surface area (TPSA) is 107 Å². The van der Waals surface area contributed by atoms with Gasteiger partial charge in [0.2, 0.25) is 0 Å². The van der Waals surface area contributed by atoms with Crippen molar-refractivity contribution in [2.45, 2.75) is 37.1 Å². The molecule has 3 fully saturated rings. The van der Waals surface area contributed by atoms with Gasteiger partial charge < -0.3 is 24.2 Å². The molecular formula is C20H29N3O7. The SMILES string of the molecule is O=[N+]([O-])O[C@@H]1CO[C@H]2[C@@H]1OC[C@@H]2OCC(O)CN1CCN(Cc2ccccc2)CC1. The summed E-state index contributed by atoms with van der Waals surface area (Å²) in [6.45, 7) is 5.80. The minimum absolute atomic E-state index is 0.103. The van der Waals surface area contributed by atoms with E-state index in [1.54, 1.807) is 0 Å². The number of ether oxygens (including phenoxy) is 3. The van der Waals surface area contributed by atoms with Gasteiger partial charge in [0, 0.05) is 39.3 Å². The summed E-state index contributed by atoms with van der Waals surface area (Å²) in [5.74, 6) is 0. The lowest BCUT2D eigenvalue weighted by atomic mass is 10.1. The maximum Gasteiger partial charge on any atom is 0.294 e. The molecule has 1 N–H and O–H groups in total. The fourth-order valence-electron chi connectivity index (χ4n) is 4.33. The van der Waals surface area contributed by atoms with E-state index >= 15 is 0 Å². The molecule has 0 aromatic heterocycles. The van der Waals surface area contributed by atoms with Crippen molar-refractivity contribution in [2.24, 2.45) is 0 Å². The van der Waals surface area contributed by atoms with Gasteiger partial charge in [-0.15, -0.1) is 10.1 Å². The first-order valence-corrected chi connectivity index (χ1v) is 10.4. The third-order valence-corrected chi connectivity index (χ3v) is 5.87. The largest absolute Gasteiger partial charge is 0.389 e. The Labute approximate surface area is 175 Å². The summed E-state index contributed by atoms with van der Waals surface area (Å²) in [7, 11) is 0. The van der Waals surface area contributed by atoms with Crippen LogP contribution in [0.2, 0.25) is 0 Å². The van der Waals surface area contributed by atoms with Gasteiger partial charge >= 0.3 is 0 Å². The molecule has 0 bridgehead atoms. The summed E-state index contributed by atoms with van der Waals surface area (Å²) in [4.78, 5) is 19.8. The number of β-amino-alcohol motifs (C(OH)–C–C–N with tert-alkyl or cyclic N) is 1. The van der Waals surface area contributed by atoms with Gasteiger partial charge in [-0.3, -0.25) is 9.80 Å². The molecule has 5 atom stereocenters. The number of rotatable bonds is 9. The van der Waals surface area contributed by atoms with Crippen LogP contribution >= 0.6 is 0 Å². The van der Waals surface area contributed by atoms with Crippen molar-refractivity contribution in [1.29, 1.82) is 0 Å². The monoisotopic (exact) mass is 423 g/mol. The van der Waals surface area contributed by atoms with E-state index in [9.17, 15) is 15.2 Å². The number of aliphatic hydroxyl groups is 1. The summed E-state index contributed by atoms with van der Waals surface area (Å²) in [5, 5.41) is 20.1. The van der Waals surface area contributed by atoms with Gasteiger partial charge in [-0.1, -0.05) is 30.3 Å². The number of hydrogen-bond acceptors (Lipinski definition) is 9. The van der Waals surface area contributed by atoms with Crippen LogP contribution in [0.3, 0.4) is 0 Å². The van der Waals surface area contributed by atoms with Crippen LogP contribution in [0.1, 0.15) is 5.56 Å². The zero-order valence-electron chi connectivity index (χ0n) is 16.9. The van der Waals surface area contributed by atoms with Crippen molar-refractivity contribution in [3.8, 4) is 0 Å². The second-order valence-electron chi connectivity index (χ2n) is 8.05. The Morgan fingerprint density at radius 1 is 1.07 bits per heavy atom. The van der Waals surface area contributed by atoms with Crippen LogP contribution in [-0.4, -0.2) is 103 Å². The molecular weight excluding hydrogens is 394 g/mol. The quantitative estimate of drug-likeness (QED) is 0.431. The van der Waals surface area contributed by atoms with Crippen molar-refractivity contribution >= 4 is 0 Å². The smallest absolute Gasteiger partial charge is 0.294 e. The first-order chi connectivity index (χ1) is 14.6. The molecule has 0 aliphatic carbocycles. The molecule has 0 saturated carbocycles. The second-order valence-corrected chi connectivity index (χ2v) is 8.05. The summed E-state index contributed by atoms with van der Waals surface area (Å²) >= 11 is 0. The Bertz CT molecular complexity index is 686. The minimum atomic E-state index is -0.822. The van der Waals surface area contributed by atoms with Gasteiger partial charge in [-0.05, 0) is 5.56 Å². The van der Waals surface area contributed by atoms with Crippen LogP contribution in [0, 0.1) is 10.1 Å². The van der Waals surface area contributed by atoms with Crippen LogP contribution in [0.4, 0.5) is 0 Å². The molecule has 4 rings (SSSR count). The molecule has 10 heteroatoms. The predicted octanol–water partition coefficient (Wildman–Crippen LogP) is -0.0752. The number of benzene rings is 1. The van der Waals surface area contributed by atoms with E-state index in [0.717, 1.165) is 32.7 Å². The van der Waals surface area contributed by atoms with E-state index in [1.807, 2.05) is 6.07 Å². The van der Waals surface area contributed by atoms with Crippen LogP contribution in [0.25, 0.3) is 0 Å². The number of nitrogens with zero attached hydrogens (tertiary/aromatic N) is 3. The average Bonchev–Trinajstić information content (AvgIpc) is 3.31. The van der Waals surface area contributed by atoms with Crippen LogP contribution in [-0.2, 0) is 25.6 Å². The Morgan fingerprint density at radius 2 is 1.70 bits per heavy atom. The summed E-state index contributed by atoms with van der Waals surface area (Å²) in [5.41, 5.74) is 1.32. The fourth-order valence-corrected chi connectivity index (χ4v) is 4.33. The minimum Gasteiger partial charge on any atom is -0.389 e. The molecule has 1 unspecified atom stereocenters. The highest BCUT2D eigenvalue weighted by atomic mass is 17.0. The Kier molecular flexibility index (Phi) is 7.13. The zero-order chi connectivity index (χ0) is 20.9. The normalized spacial score (nSPS) is 30.8. The Balaban J connectivity index is 1.14.